The van der Waals surface area contributed by atoms with Gasteiger partial charge in [0, 0.05) is 12.7 Å². The maximum atomic E-state index is 12.3. The van der Waals surface area contributed by atoms with E-state index in [0.29, 0.717) is 32.9 Å². The standard InChI is InChI=1S/C17H27NO4/c1-17(2,3)22-16(19)18(10-11-21-13-12-20-4)14-15-8-6-5-7-9-15/h5-9H,10-14H2,1-4H3/q+1. The average molecular weight is 309 g/mol. The number of rotatable bonds is 8. The fourth-order valence-corrected chi connectivity index (χ4v) is 1.78. The molecule has 0 bridgehead atoms. The van der Waals surface area contributed by atoms with Crippen molar-refractivity contribution >= 4 is 6.09 Å². The molecule has 22 heavy (non-hydrogen) atoms. The highest BCUT2D eigenvalue weighted by molar-refractivity contribution is 5.70. The van der Waals surface area contributed by atoms with Gasteiger partial charge < -0.3 is 14.2 Å². The molecule has 0 unspecified atom stereocenters. The Morgan fingerprint density at radius 2 is 1.77 bits per heavy atom. The third-order valence-electron chi connectivity index (χ3n) is 2.81. The van der Waals surface area contributed by atoms with E-state index in [1.807, 2.05) is 51.1 Å². The van der Waals surface area contributed by atoms with Gasteiger partial charge in [0.1, 0.15) is 12.2 Å². The second kappa shape index (κ2) is 9.56. The molecule has 1 rings (SSSR count). The van der Waals surface area contributed by atoms with Crippen LogP contribution in [0.25, 0.3) is 0 Å². The zero-order valence-corrected chi connectivity index (χ0v) is 14.0. The van der Waals surface area contributed by atoms with Crippen molar-refractivity contribution in [2.24, 2.45) is 0 Å². The molecule has 0 aliphatic rings. The lowest BCUT2D eigenvalue weighted by Crippen LogP contribution is -2.42. The summed E-state index contributed by atoms with van der Waals surface area (Å²) in [6.07, 6.45) is -0.327. The Balaban J connectivity index is 2.58. The molecule has 0 aromatic heterocycles. The van der Waals surface area contributed by atoms with Crippen LogP contribution in [0.2, 0.25) is 0 Å². The van der Waals surface area contributed by atoms with Gasteiger partial charge in [0.05, 0.1) is 13.2 Å². The van der Waals surface area contributed by atoms with E-state index in [2.05, 4.69) is 0 Å². The topological polar surface area (TPSA) is 50.7 Å². The van der Waals surface area contributed by atoms with Crippen molar-refractivity contribution in [3.05, 3.63) is 35.9 Å². The van der Waals surface area contributed by atoms with Gasteiger partial charge in [0.25, 0.3) is 0 Å². The van der Waals surface area contributed by atoms with Crippen LogP contribution in [0.3, 0.4) is 0 Å². The third-order valence-corrected chi connectivity index (χ3v) is 2.81. The lowest BCUT2D eigenvalue weighted by Gasteiger charge is -2.19. The number of ether oxygens (including phenoxy) is 3. The molecule has 0 N–H and O–H groups in total. The Bertz CT molecular complexity index is 428. The van der Waals surface area contributed by atoms with Crippen molar-refractivity contribution in [2.45, 2.75) is 32.9 Å². The van der Waals surface area contributed by atoms with Gasteiger partial charge in [0.2, 0.25) is 0 Å². The number of methoxy groups -OCH3 is 1. The molecule has 123 valence electrons. The van der Waals surface area contributed by atoms with Crippen LogP contribution in [0.15, 0.2) is 30.3 Å². The van der Waals surface area contributed by atoms with E-state index in [1.165, 1.54) is 0 Å². The van der Waals surface area contributed by atoms with Crippen LogP contribution in [0.5, 0.6) is 0 Å². The summed E-state index contributed by atoms with van der Waals surface area (Å²) in [5.41, 5.74) is 0.549. The minimum Gasteiger partial charge on any atom is -0.411 e. The summed E-state index contributed by atoms with van der Waals surface area (Å²) in [5, 5.41) is 0. The first-order chi connectivity index (χ1) is 10.4. The predicted octanol–water partition coefficient (Wildman–Crippen LogP) is 2.92. The summed E-state index contributed by atoms with van der Waals surface area (Å²) in [5.74, 6) is 0. The molecule has 5 heteroatoms. The number of amides is 1. The van der Waals surface area contributed by atoms with Gasteiger partial charge in [-0.1, -0.05) is 35.2 Å². The van der Waals surface area contributed by atoms with Crippen molar-refractivity contribution < 1.29 is 19.0 Å². The van der Waals surface area contributed by atoms with E-state index in [0.717, 1.165) is 5.56 Å². The number of nitrogens with zero attached hydrogens (tertiary/aromatic N) is 1. The van der Waals surface area contributed by atoms with Crippen LogP contribution in [0, 0.1) is 0 Å². The SMILES string of the molecule is COCCOCC[N+](Cc1ccccc1)C(=O)OC(C)(C)C. The van der Waals surface area contributed by atoms with E-state index in [9.17, 15) is 4.79 Å². The molecule has 1 amide bonds. The fourth-order valence-electron chi connectivity index (χ4n) is 1.78. The number of hydrogen-bond donors (Lipinski definition) is 0. The molecular formula is C17H27NO4+. The second-order valence-corrected chi connectivity index (χ2v) is 5.99. The number of carbonyl (C=O) groups is 1. The van der Waals surface area contributed by atoms with Crippen LogP contribution in [-0.4, -0.2) is 45.2 Å². The van der Waals surface area contributed by atoms with E-state index in [4.69, 9.17) is 14.2 Å². The first kappa shape index (κ1) is 18.6. The van der Waals surface area contributed by atoms with Gasteiger partial charge in [-0.15, -0.1) is 0 Å². The van der Waals surface area contributed by atoms with Crippen molar-refractivity contribution in [2.75, 3.05) is 33.5 Å². The van der Waals surface area contributed by atoms with Crippen molar-refractivity contribution in [1.82, 2.24) is 4.90 Å². The summed E-state index contributed by atoms with van der Waals surface area (Å²) < 4.78 is 15.8. The zero-order chi connectivity index (χ0) is 16.4. The largest absolute Gasteiger partial charge is 0.567 e. The molecular weight excluding hydrogens is 282 g/mol. The molecule has 1 aromatic rings. The van der Waals surface area contributed by atoms with Crippen LogP contribution in [0.4, 0.5) is 4.79 Å². The number of hydrogen-bond acceptors (Lipinski definition) is 4. The van der Waals surface area contributed by atoms with Gasteiger partial charge in [-0.05, 0) is 20.8 Å². The molecule has 0 atom stereocenters. The Morgan fingerprint density at radius 1 is 1.09 bits per heavy atom. The third kappa shape index (κ3) is 8.12. The highest BCUT2D eigenvalue weighted by Crippen LogP contribution is 2.11. The minimum atomic E-state index is -0.511. The molecule has 0 fully saturated rings. The summed E-state index contributed by atoms with van der Waals surface area (Å²) >= 11 is 0. The van der Waals surface area contributed by atoms with Crippen LogP contribution < -0.4 is 4.90 Å². The van der Waals surface area contributed by atoms with Crippen molar-refractivity contribution in [3.63, 3.8) is 0 Å². The highest BCUT2D eigenvalue weighted by atomic mass is 16.6. The van der Waals surface area contributed by atoms with Gasteiger partial charge in [-0.25, -0.2) is 0 Å². The first-order valence-corrected chi connectivity index (χ1v) is 7.51. The van der Waals surface area contributed by atoms with Crippen LogP contribution >= 0.6 is 0 Å². The van der Waals surface area contributed by atoms with E-state index in [1.54, 1.807) is 12.0 Å². The molecule has 1 aromatic carbocycles. The summed E-state index contributed by atoms with van der Waals surface area (Å²) in [6.45, 7) is 8.09. The predicted molar refractivity (Wildman–Crippen MR) is 86.1 cm³/mol. The maximum Gasteiger partial charge on any atom is 0.567 e. The smallest absolute Gasteiger partial charge is 0.411 e. The Labute approximate surface area is 133 Å². The highest BCUT2D eigenvalue weighted by Gasteiger charge is 2.32. The molecule has 0 aliphatic carbocycles. The second-order valence-electron chi connectivity index (χ2n) is 5.99. The number of carbonyl (C=O) groups excluding carboxylic acids is 1. The number of benzene rings is 1. The lowest BCUT2D eigenvalue weighted by molar-refractivity contribution is 0.0300. The zero-order valence-electron chi connectivity index (χ0n) is 14.0. The molecule has 1 radical (unpaired) electrons. The van der Waals surface area contributed by atoms with Crippen molar-refractivity contribution in [3.8, 4) is 0 Å². The van der Waals surface area contributed by atoms with E-state index >= 15 is 0 Å². The molecule has 5 nitrogen and oxygen atoms in total. The molecule has 0 aliphatic heterocycles. The molecule has 0 spiro atoms. The fraction of sp³-hybridized carbons (Fsp3) is 0.588. The average Bonchev–Trinajstić information content (AvgIpc) is 2.45. The maximum absolute atomic E-state index is 12.3. The quantitative estimate of drug-likeness (QED) is 0.547. The van der Waals surface area contributed by atoms with Gasteiger partial charge in [0.15, 0.2) is 13.1 Å². The normalized spacial score (nSPS) is 11.7. The summed E-state index contributed by atoms with van der Waals surface area (Å²) in [4.78, 5) is 14.0. The Morgan fingerprint density at radius 3 is 2.36 bits per heavy atom. The minimum absolute atomic E-state index is 0.327. The van der Waals surface area contributed by atoms with Crippen LogP contribution in [0.1, 0.15) is 26.3 Å². The monoisotopic (exact) mass is 309 g/mol. The van der Waals surface area contributed by atoms with Gasteiger partial charge >= 0.3 is 6.09 Å². The molecule has 0 saturated heterocycles. The van der Waals surface area contributed by atoms with E-state index in [-0.39, 0.29) is 6.09 Å². The summed E-state index contributed by atoms with van der Waals surface area (Å²) in [6, 6.07) is 9.84. The molecule has 0 heterocycles. The Kier molecular flexibility index (Phi) is 8.09. The molecule has 0 saturated carbocycles. The lowest BCUT2D eigenvalue weighted by atomic mass is 10.2. The first-order valence-electron chi connectivity index (χ1n) is 7.51. The van der Waals surface area contributed by atoms with Gasteiger partial charge in [-0.2, -0.15) is 4.79 Å². The van der Waals surface area contributed by atoms with Gasteiger partial charge in [-0.3, -0.25) is 0 Å². The Hall–Kier alpha value is -1.43. The van der Waals surface area contributed by atoms with Crippen molar-refractivity contribution in [1.29, 1.82) is 0 Å². The van der Waals surface area contributed by atoms with E-state index < -0.39 is 5.60 Å². The summed E-state index contributed by atoms with van der Waals surface area (Å²) in [7, 11) is 1.63. The van der Waals surface area contributed by atoms with Crippen LogP contribution in [-0.2, 0) is 20.8 Å².